The third-order valence-corrected chi connectivity index (χ3v) is 5.29. The summed E-state index contributed by atoms with van der Waals surface area (Å²) in [5, 5.41) is 47.3. The number of hydrogen-bond donors (Lipinski definition) is 5. The van der Waals surface area contributed by atoms with Gasteiger partial charge >= 0.3 is 0 Å². The van der Waals surface area contributed by atoms with Gasteiger partial charge in [0.25, 0.3) is 0 Å². The molecule has 4 aromatic rings. The molecule has 0 bridgehead atoms. The second-order valence-corrected chi connectivity index (χ2v) is 7.90. The molecule has 5 N–H and O–H groups in total. The van der Waals surface area contributed by atoms with Crippen LogP contribution in [0.15, 0.2) is 84.9 Å². The smallest absolute Gasteiger partial charge is 0.123 e. The van der Waals surface area contributed by atoms with Crippen LogP contribution in [0.1, 0.15) is 42.0 Å². The molecule has 0 spiro atoms. The molecule has 1 heterocycles. The van der Waals surface area contributed by atoms with Crippen LogP contribution >= 0.6 is 0 Å². The van der Waals surface area contributed by atoms with Crippen molar-refractivity contribution in [3.05, 3.63) is 107 Å². The molecule has 0 fully saturated rings. The number of hydrogen-bond acceptors (Lipinski definition) is 6. The molecule has 0 radical (unpaired) electrons. The maximum atomic E-state index is 9.76. The molecule has 0 aliphatic carbocycles. The van der Waals surface area contributed by atoms with Crippen LogP contribution in [0.25, 0.3) is 12.2 Å². The summed E-state index contributed by atoms with van der Waals surface area (Å²) in [5.74, 6) is 1.03. The highest BCUT2D eigenvalue weighted by Crippen LogP contribution is 2.40. The molecular weight excluding hydrogens is 456 g/mol. The SMILES string of the molecule is CC.Oc1cc(O)cc(/C=C/c2ccc3c(c2)C(c2cc(O)cc(O)c2)CO3)c1.Oc1ccccc1. The van der Waals surface area contributed by atoms with Crippen LogP contribution < -0.4 is 4.74 Å². The van der Waals surface area contributed by atoms with E-state index in [0.29, 0.717) is 17.9 Å². The molecule has 1 aliphatic rings. The van der Waals surface area contributed by atoms with Crippen LogP contribution in [0.4, 0.5) is 0 Å². The zero-order valence-electron chi connectivity index (χ0n) is 20.2. The van der Waals surface area contributed by atoms with E-state index in [1.807, 2.05) is 44.2 Å². The van der Waals surface area contributed by atoms with E-state index in [0.717, 1.165) is 22.4 Å². The number of fused-ring (bicyclic) bond motifs is 1. The molecular formula is C30H30O6. The monoisotopic (exact) mass is 486 g/mol. The third-order valence-electron chi connectivity index (χ3n) is 5.29. The molecule has 0 saturated heterocycles. The van der Waals surface area contributed by atoms with Crippen molar-refractivity contribution in [2.24, 2.45) is 0 Å². The number of phenols is 5. The van der Waals surface area contributed by atoms with E-state index in [1.165, 1.54) is 12.1 Å². The Bertz CT molecular complexity index is 1270. The van der Waals surface area contributed by atoms with Gasteiger partial charge in [0, 0.05) is 23.6 Å². The number of ether oxygens (including phenoxy) is 1. The van der Waals surface area contributed by atoms with E-state index in [9.17, 15) is 20.4 Å². The second-order valence-electron chi connectivity index (χ2n) is 7.90. The molecule has 5 rings (SSSR count). The quantitative estimate of drug-likeness (QED) is 0.208. The fraction of sp³-hybridized carbons (Fsp3) is 0.133. The Balaban J connectivity index is 0.000000342. The van der Waals surface area contributed by atoms with E-state index < -0.39 is 0 Å². The first kappa shape index (κ1) is 26.0. The van der Waals surface area contributed by atoms with E-state index in [2.05, 4.69) is 0 Å². The highest BCUT2D eigenvalue weighted by atomic mass is 16.5. The van der Waals surface area contributed by atoms with Gasteiger partial charge < -0.3 is 30.3 Å². The van der Waals surface area contributed by atoms with Gasteiger partial charge in [-0.2, -0.15) is 0 Å². The van der Waals surface area contributed by atoms with E-state index in [1.54, 1.807) is 54.6 Å². The van der Waals surface area contributed by atoms with Crippen LogP contribution in [0.3, 0.4) is 0 Å². The van der Waals surface area contributed by atoms with Crippen molar-refractivity contribution < 1.29 is 30.3 Å². The molecule has 0 amide bonds. The molecule has 1 unspecified atom stereocenters. The predicted molar refractivity (Wildman–Crippen MR) is 142 cm³/mol. The van der Waals surface area contributed by atoms with Crippen LogP contribution in [-0.4, -0.2) is 32.1 Å². The lowest BCUT2D eigenvalue weighted by molar-refractivity contribution is 0.342. The molecule has 6 heteroatoms. The normalized spacial score (nSPS) is 13.6. The number of phenolic OH excluding ortho intramolecular Hbond substituents is 5. The highest BCUT2D eigenvalue weighted by molar-refractivity contribution is 5.72. The lowest BCUT2D eigenvalue weighted by Crippen LogP contribution is -2.02. The van der Waals surface area contributed by atoms with E-state index in [-0.39, 0.29) is 28.9 Å². The molecule has 186 valence electrons. The summed E-state index contributed by atoms with van der Waals surface area (Å²) in [6.07, 6.45) is 3.68. The van der Waals surface area contributed by atoms with Gasteiger partial charge in [0.2, 0.25) is 0 Å². The van der Waals surface area contributed by atoms with Crippen molar-refractivity contribution in [3.8, 4) is 34.5 Å². The van der Waals surface area contributed by atoms with Crippen molar-refractivity contribution in [2.75, 3.05) is 6.61 Å². The Morgan fingerprint density at radius 3 is 1.72 bits per heavy atom. The Morgan fingerprint density at radius 1 is 0.611 bits per heavy atom. The van der Waals surface area contributed by atoms with Crippen molar-refractivity contribution in [3.63, 3.8) is 0 Å². The average molecular weight is 487 g/mol. The first-order valence-electron chi connectivity index (χ1n) is 11.6. The molecule has 0 aromatic heterocycles. The van der Waals surface area contributed by atoms with Gasteiger partial charge in [-0.3, -0.25) is 0 Å². The van der Waals surface area contributed by atoms with Crippen LogP contribution in [0.5, 0.6) is 34.5 Å². The summed E-state index contributed by atoms with van der Waals surface area (Å²) in [7, 11) is 0. The Kier molecular flexibility index (Phi) is 8.84. The van der Waals surface area contributed by atoms with Gasteiger partial charge in [-0.15, -0.1) is 0 Å². The van der Waals surface area contributed by atoms with Gasteiger partial charge in [-0.25, -0.2) is 0 Å². The Morgan fingerprint density at radius 2 is 1.17 bits per heavy atom. The summed E-state index contributed by atoms with van der Waals surface area (Å²) in [6.45, 7) is 4.44. The minimum atomic E-state index is -0.0869. The van der Waals surface area contributed by atoms with Gasteiger partial charge in [0.15, 0.2) is 0 Å². The lowest BCUT2D eigenvalue weighted by Gasteiger charge is -2.11. The fourth-order valence-corrected chi connectivity index (χ4v) is 3.77. The third kappa shape index (κ3) is 6.96. The van der Waals surface area contributed by atoms with Crippen molar-refractivity contribution in [1.82, 2.24) is 0 Å². The van der Waals surface area contributed by atoms with Crippen molar-refractivity contribution in [1.29, 1.82) is 0 Å². The lowest BCUT2D eigenvalue weighted by atomic mass is 9.91. The molecule has 36 heavy (non-hydrogen) atoms. The van der Waals surface area contributed by atoms with Crippen LogP contribution in [0, 0.1) is 0 Å². The van der Waals surface area contributed by atoms with E-state index in [4.69, 9.17) is 9.84 Å². The van der Waals surface area contributed by atoms with Crippen LogP contribution in [-0.2, 0) is 0 Å². The summed E-state index contributed by atoms with van der Waals surface area (Å²) >= 11 is 0. The maximum Gasteiger partial charge on any atom is 0.123 e. The first-order valence-corrected chi connectivity index (χ1v) is 11.6. The topological polar surface area (TPSA) is 110 Å². The van der Waals surface area contributed by atoms with Crippen molar-refractivity contribution in [2.45, 2.75) is 19.8 Å². The first-order chi connectivity index (χ1) is 17.4. The maximum absolute atomic E-state index is 9.76. The molecule has 1 aliphatic heterocycles. The van der Waals surface area contributed by atoms with Gasteiger partial charge in [-0.1, -0.05) is 50.3 Å². The standard InChI is InChI=1S/C22H18O5.C6H6O.C2H6/c23-16-5-14(6-17(24)10-16)2-1-13-3-4-22-20(7-13)21(12-27-22)15-8-18(25)11-19(26)9-15;7-6-4-2-1-3-5-6;1-2/h1-11,21,23-26H,12H2;1-5,7H;1-2H3/b2-1+;;. The van der Waals surface area contributed by atoms with Gasteiger partial charge in [0.05, 0.1) is 6.61 Å². The number of benzene rings is 4. The Hall–Kier alpha value is -4.58. The predicted octanol–water partition coefficient (Wildman–Crippen LogP) is 6.62. The van der Waals surface area contributed by atoms with Crippen LogP contribution in [0.2, 0.25) is 0 Å². The summed E-state index contributed by atoms with van der Waals surface area (Å²) < 4.78 is 5.74. The number of rotatable bonds is 3. The van der Waals surface area contributed by atoms with E-state index >= 15 is 0 Å². The zero-order valence-corrected chi connectivity index (χ0v) is 20.2. The number of para-hydroxylation sites is 1. The largest absolute Gasteiger partial charge is 0.508 e. The fourth-order valence-electron chi connectivity index (χ4n) is 3.77. The number of aromatic hydroxyl groups is 5. The summed E-state index contributed by atoms with van der Waals surface area (Å²) in [6, 6.07) is 23.5. The molecule has 1 atom stereocenters. The van der Waals surface area contributed by atoms with Crippen molar-refractivity contribution >= 4 is 12.2 Å². The van der Waals surface area contributed by atoms with Gasteiger partial charge in [0.1, 0.15) is 34.5 Å². The zero-order chi connectivity index (χ0) is 26.1. The molecule has 0 saturated carbocycles. The average Bonchev–Trinajstić information content (AvgIpc) is 3.27. The second kappa shape index (κ2) is 12.2. The molecule has 4 aromatic carbocycles. The summed E-state index contributed by atoms with van der Waals surface area (Å²) in [5.41, 5.74) is 3.36. The van der Waals surface area contributed by atoms with Gasteiger partial charge in [-0.05, 0) is 65.2 Å². The highest BCUT2D eigenvalue weighted by Gasteiger charge is 2.26. The minimum Gasteiger partial charge on any atom is -0.508 e. The minimum absolute atomic E-state index is 0.000704. The molecule has 6 nitrogen and oxygen atoms in total. The Labute approximate surface area is 210 Å². The summed E-state index contributed by atoms with van der Waals surface area (Å²) in [4.78, 5) is 0.